The van der Waals surface area contributed by atoms with Crippen LogP contribution in [0.5, 0.6) is 0 Å². The summed E-state index contributed by atoms with van der Waals surface area (Å²) in [5, 5.41) is 24.5. The molecule has 0 amide bonds. The van der Waals surface area contributed by atoms with E-state index in [0.29, 0.717) is 10.7 Å². The Kier molecular flexibility index (Phi) is 3.99. The van der Waals surface area contributed by atoms with E-state index in [4.69, 9.17) is 5.11 Å². The standard InChI is InChI=1S/C11H10N4O4S/c1-14-11(12-6-13-14)20-5-7-3-2-4-8(15(18)19)9(7)10(16)17/h2-4,6H,5H2,1H3,(H,16,17). The zero-order valence-corrected chi connectivity index (χ0v) is 11.2. The van der Waals surface area contributed by atoms with Crippen molar-refractivity contribution < 1.29 is 14.8 Å². The molecule has 0 unspecified atom stereocenters. The minimum absolute atomic E-state index is 0.260. The topological polar surface area (TPSA) is 111 Å². The van der Waals surface area contributed by atoms with E-state index < -0.39 is 16.6 Å². The van der Waals surface area contributed by atoms with Gasteiger partial charge in [-0.3, -0.25) is 10.1 Å². The van der Waals surface area contributed by atoms with Crippen molar-refractivity contribution in [2.24, 2.45) is 7.05 Å². The van der Waals surface area contributed by atoms with Crippen LogP contribution in [-0.2, 0) is 12.8 Å². The first-order valence-electron chi connectivity index (χ1n) is 5.47. The van der Waals surface area contributed by atoms with Gasteiger partial charge in [0.25, 0.3) is 5.69 Å². The molecule has 9 heteroatoms. The second-order valence-corrected chi connectivity index (χ2v) is 4.77. The Hall–Kier alpha value is -2.42. The van der Waals surface area contributed by atoms with Gasteiger partial charge in [0.2, 0.25) is 0 Å². The van der Waals surface area contributed by atoms with E-state index >= 15 is 0 Å². The van der Waals surface area contributed by atoms with E-state index in [0.717, 1.165) is 0 Å². The molecule has 0 fully saturated rings. The highest BCUT2D eigenvalue weighted by Crippen LogP contribution is 2.27. The van der Waals surface area contributed by atoms with Crippen molar-refractivity contribution in [3.8, 4) is 0 Å². The molecule has 0 radical (unpaired) electrons. The average Bonchev–Trinajstić information content (AvgIpc) is 2.81. The van der Waals surface area contributed by atoms with Gasteiger partial charge in [0.1, 0.15) is 11.9 Å². The zero-order chi connectivity index (χ0) is 14.7. The molecule has 0 aliphatic heterocycles. The van der Waals surface area contributed by atoms with E-state index in [-0.39, 0.29) is 11.3 Å². The van der Waals surface area contributed by atoms with E-state index in [1.807, 2.05) is 0 Å². The van der Waals surface area contributed by atoms with Crippen LogP contribution in [0.15, 0.2) is 29.7 Å². The highest BCUT2D eigenvalue weighted by molar-refractivity contribution is 7.98. The van der Waals surface area contributed by atoms with Crippen molar-refractivity contribution in [1.82, 2.24) is 14.8 Å². The van der Waals surface area contributed by atoms with Gasteiger partial charge >= 0.3 is 5.97 Å². The van der Waals surface area contributed by atoms with E-state index in [9.17, 15) is 14.9 Å². The van der Waals surface area contributed by atoms with Gasteiger partial charge in [0.05, 0.1) is 4.92 Å². The van der Waals surface area contributed by atoms with E-state index in [1.165, 1.54) is 30.2 Å². The lowest BCUT2D eigenvalue weighted by molar-refractivity contribution is -0.385. The van der Waals surface area contributed by atoms with Gasteiger partial charge in [0.15, 0.2) is 5.16 Å². The number of aromatic nitrogens is 3. The highest BCUT2D eigenvalue weighted by Gasteiger charge is 2.23. The lowest BCUT2D eigenvalue weighted by Gasteiger charge is -2.06. The number of hydrogen-bond acceptors (Lipinski definition) is 6. The van der Waals surface area contributed by atoms with Crippen LogP contribution in [0.25, 0.3) is 0 Å². The molecule has 1 heterocycles. The maximum atomic E-state index is 11.2. The van der Waals surface area contributed by atoms with Gasteiger partial charge in [-0.2, -0.15) is 5.10 Å². The Morgan fingerprint density at radius 3 is 2.85 bits per heavy atom. The number of hydrogen-bond donors (Lipinski definition) is 1. The molecule has 0 aliphatic rings. The fraction of sp³-hybridized carbons (Fsp3) is 0.182. The number of carbonyl (C=O) groups is 1. The molecule has 0 atom stereocenters. The normalized spacial score (nSPS) is 10.4. The van der Waals surface area contributed by atoms with Crippen molar-refractivity contribution in [3.63, 3.8) is 0 Å². The molecule has 0 saturated carbocycles. The number of nitro groups is 1. The van der Waals surface area contributed by atoms with Crippen LogP contribution < -0.4 is 0 Å². The summed E-state index contributed by atoms with van der Waals surface area (Å²) in [7, 11) is 1.71. The Morgan fingerprint density at radius 1 is 1.55 bits per heavy atom. The quantitative estimate of drug-likeness (QED) is 0.507. The van der Waals surface area contributed by atoms with Gasteiger partial charge < -0.3 is 5.11 Å². The highest BCUT2D eigenvalue weighted by atomic mass is 32.2. The van der Waals surface area contributed by atoms with E-state index in [2.05, 4.69) is 10.1 Å². The second-order valence-electron chi connectivity index (χ2n) is 3.83. The van der Waals surface area contributed by atoms with Crippen LogP contribution in [0.3, 0.4) is 0 Å². The minimum Gasteiger partial charge on any atom is -0.477 e. The summed E-state index contributed by atoms with van der Waals surface area (Å²) in [5.74, 6) is -1.05. The fourth-order valence-electron chi connectivity index (χ4n) is 1.66. The smallest absolute Gasteiger partial charge is 0.343 e. The third-order valence-electron chi connectivity index (χ3n) is 2.57. The molecule has 1 aromatic carbocycles. The number of thioether (sulfide) groups is 1. The molecule has 1 aromatic heterocycles. The first-order valence-corrected chi connectivity index (χ1v) is 6.45. The van der Waals surface area contributed by atoms with Gasteiger partial charge in [-0.1, -0.05) is 23.9 Å². The molecule has 1 N–H and O–H groups in total. The van der Waals surface area contributed by atoms with Crippen LogP contribution in [-0.4, -0.2) is 30.8 Å². The summed E-state index contributed by atoms with van der Waals surface area (Å²) in [6, 6.07) is 4.21. The predicted molar refractivity (Wildman–Crippen MR) is 70.6 cm³/mol. The van der Waals surface area contributed by atoms with Gasteiger partial charge in [-0.05, 0) is 5.56 Å². The maximum Gasteiger partial charge on any atom is 0.343 e. The molecule has 104 valence electrons. The number of nitro benzene ring substituents is 1. The summed E-state index contributed by atoms with van der Waals surface area (Å²) in [6.07, 6.45) is 1.38. The predicted octanol–water partition coefficient (Wildman–Crippen LogP) is 1.71. The summed E-state index contributed by atoms with van der Waals surface area (Å²) in [4.78, 5) is 25.4. The largest absolute Gasteiger partial charge is 0.477 e. The molecule has 0 aliphatic carbocycles. The number of benzene rings is 1. The third kappa shape index (κ3) is 2.77. The molecule has 8 nitrogen and oxygen atoms in total. The van der Waals surface area contributed by atoms with Gasteiger partial charge in [0, 0.05) is 18.9 Å². The number of nitrogens with zero attached hydrogens (tertiary/aromatic N) is 4. The van der Waals surface area contributed by atoms with Crippen LogP contribution in [0.2, 0.25) is 0 Å². The molecule has 0 saturated heterocycles. The molecule has 0 bridgehead atoms. The van der Waals surface area contributed by atoms with Crippen molar-refractivity contribution in [3.05, 3.63) is 45.8 Å². The molecule has 0 spiro atoms. The summed E-state index contributed by atoms with van der Waals surface area (Å²) >= 11 is 1.26. The van der Waals surface area contributed by atoms with Crippen molar-refractivity contribution in [2.75, 3.05) is 0 Å². The van der Waals surface area contributed by atoms with Crippen LogP contribution in [0.1, 0.15) is 15.9 Å². The van der Waals surface area contributed by atoms with Gasteiger partial charge in [-0.25, -0.2) is 14.5 Å². The fourth-order valence-corrected chi connectivity index (χ4v) is 2.55. The maximum absolute atomic E-state index is 11.2. The third-order valence-corrected chi connectivity index (χ3v) is 3.65. The number of aryl methyl sites for hydroxylation is 1. The molecule has 2 rings (SSSR count). The molecule has 2 aromatic rings. The van der Waals surface area contributed by atoms with Crippen LogP contribution in [0, 0.1) is 10.1 Å². The summed E-state index contributed by atoms with van der Waals surface area (Å²) in [5.41, 5.74) is -0.319. The van der Waals surface area contributed by atoms with Crippen molar-refractivity contribution in [1.29, 1.82) is 0 Å². The monoisotopic (exact) mass is 294 g/mol. The number of carboxylic acids is 1. The number of rotatable bonds is 5. The van der Waals surface area contributed by atoms with Crippen LogP contribution >= 0.6 is 11.8 Å². The Labute approximate surface area is 117 Å². The zero-order valence-electron chi connectivity index (χ0n) is 10.4. The lowest BCUT2D eigenvalue weighted by Crippen LogP contribution is -2.06. The summed E-state index contributed by atoms with van der Waals surface area (Å²) in [6.45, 7) is 0. The van der Waals surface area contributed by atoms with Crippen molar-refractivity contribution >= 4 is 23.4 Å². The first-order chi connectivity index (χ1) is 9.50. The van der Waals surface area contributed by atoms with Gasteiger partial charge in [-0.15, -0.1) is 0 Å². The molecular weight excluding hydrogens is 284 g/mol. The Bertz CT molecular complexity index is 670. The Balaban J connectivity index is 2.32. The lowest BCUT2D eigenvalue weighted by atomic mass is 10.1. The van der Waals surface area contributed by atoms with Crippen LogP contribution in [0.4, 0.5) is 5.69 Å². The first kappa shape index (κ1) is 14.0. The molecular formula is C11H10N4O4S. The number of aromatic carboxylic acids is 1. The van der Waals surface area contributed by atoms with E-state index in [1.54, 1.807) is 17.8 Å². The summed E-state index contributed by atoms with van der Waals surface area (Å²) < 4.78 is 1.54. The van der Waals surface area contributed by atoms with Crippen molar-refractivity contribution in [2.45, 2.75) is 10.9 Å². The molecule has 20 heavy (non-hydrogen) atoms. The average molecular weight is 294 g/mol. The SMILES string of the molecule is Cn1ncnc1SCc1cccc([N+](=O)[O-])c1C(=O)O. The Morgan fingerprint density at radius 2 is 2.30 bits per heavy atom. The minimum atomic E-state index is -1.31. The number of carboxylic acid groups (broad SMARTS) is 1. The second kappa shape index (κ2) is 5.70.